The van der Waals surface area contributed by atoms with Crippen LogP contribution in [0.2, 0.25) is 0 Å². The van der Waals surface area contributed by atoms with Crippen molar-refractivity contribution in [3.05, 3.63) is 17.8 Å². The summed E-state index contributed by atoms with van der Waals surface area (Å²) in [6.45, 7) is 0.753. The van der Waals surface area contributed by atoms with Gasteiger partial charge in [-0.3, -0.25) is 0 Å². The molecule has 2 heterocycles. The molecule has 0 aliphatic carbocycles. The van der Waals surface area contributed by atoms with E-state index in [1.807, 2.05) is 6.07 Å². The summed E-state index contributed by atoms with van der Waals surface area (Å²) >= 11 is 0. The van der Waals surface area contributed by atoms with Crippen molar-refractivity contribution in [1.29, 1.82) is 0 Å². The molecule has 1 aliphatic rings. The molecule has 0 spiro atoms. The van der Waals surface area contributed by atoms with Gasteiger partial charge >= 0.3 is 0 Å². The fraction of sp³-hybridized carbons (Fsp3) is 0.444. The predicted octanol–water partition coefficient (Wildman–Crippen LogP) is 1.17. The standard InChI is InChI=1S/C9H11NO3/c1-11-7-4-10-9(12-2)3-6(7)8-5-13-8/h3-4,8H,5H2,1-2H3. The van der Waals surface area contributed by atoms with Crippen LogP contribution in [0.5, 0.6) is 11.6 Å². The van der Waals surface area contributed by atoms with Crippen molar-refractivity contribution in [3.8, 4) is 11.6 Å². The maximum Gasteiger partial charge on any atom is 0.213 e. The molecule has 13 heavy (non-hydrogen) atoms. The average Bonchev–Trinajstić information content (AvgIpc) is 3.00. The summed E-state index contributed by atoms with van der Waals surface area (Å²) in [6, 6.07) is 1.84. The van der Waals surface area contributed by atoms with Crippen LogP contribution in [0.4, 0.5) is 0 Å². The largest absolute Gasteiger partial charge is 0.495 e. The Morgan fingerprint density at radius 3 is 2.77 bits per heavy atom. The SMILES string of the molecule is COc1cc(C2CO2)c(OC)cn1. The molecule has 4 nitrogen and oxygen atoms in total. The van der Waals surface area contributed by atoms with Gasteiger partial charge in [-0.2, -0.15) is 0 Å². The van der Waals surface area contributed by atoms with Crippen molar-refractivity contribution in [2.45, 2.75) is 6.10 Å². The van der Waals surface area contributed by atoms with E-state index in [-0.39, 0.29) is 6.10 Å². The molecule has 0 radical (unpaired) electrons. The predicted molar refractivity (Wildman–Crippen MR) is 46.0 cm³/mol. The van der Waals surface area contributed by atoms with Crippen LogP contribution in [0.25, 0.3) is 0 Å². The number of hydrogen-bond acceptors (Lipinski definition) is 4. The molecule has 1 aromatic rings. The topological polar surface area (TPSA) is 43.9 Å². The second-order valence-corrected chi connectivity index (χ2v) is 2.79. The number of aromatic nitrogens is 1. The van der Waals surface area contributed by atoms with Crippen LogP contribution < -0.4 is 9.47 Å². The van der Waals surface area contributed by atoms with Crippen LogP contribution in [-0.4, -0.2) is 25.8 Å². The molecule has 0 N–H and O–H groups in total. The molecule has 2 rings (SSSR count). The zero-order chi connectivity index (χ0) is 9.26. The van der Waals surface area contributed by atoms with Crippen LogP contribution in [0.15, 0.2) is 12.3 Å². The summed E-state index contributed by atoms with van der Waals surface area (Å²) in [5.41, 5.74) is 1.01. The van der Waals surface area contributed by atoms with E-state index < -0.39 is 0 Å². The number of ether oxygens (including phenoxy) is 3. The first kappa shape index (κ1) is 8.31. The Balaban J connectivity index is 2.35. The van der Waals surface area contributed by atoms with Gasteiger partial charge in [0.25, 0.3) is 0 Å². The third-order valence-electron chi connectivity index (χ3n) is 1.98. The first-order chi connectivity index (χ1) is 6.35. The Morgan fingerprint density at radius 1 is 1.46 bits per heavy atom. The number of epoxide rings is 1. The summed E-state index contributed by atoms with van der Waals surface area (Å²) in [6.07, 6.45) is 1.81. The first-order valence-corrected chi connectivity index (χ1v) is 4.04. The summed E-state index contributed by atoms with van der Waals surface area (Å²) in [7, 11) is 3.21. The first-order valence-electron chi connectivity index (χ1n) is 4.04. The quantitative estimate of drug-likeness (QED) is 0.656. The van der Waals surface area contributed by atoms with Crippen molar-refractivity contribution in [2.24, 2.45) is 0 Å². The molecule has 0 bridgehead atoms. The minimum atomic E-state index is 0.159. The van der Waals surface area contributed by atoms with Gasteiger partial charge in [0.1, 0.15) is 11.9 Å². The minimum absolute atomic E-state index is 0.159. The molecular formula is C9H11NO3. The van der Waals surface area contributed by atoms with E-state index in [0.717, 1.165) is 17.9 Å². The van der Waals surface area contributed by atoms with Crippen molar-refractivity contribution in [3.63, 3.8) is 0 Å². The Morgan fingerprint density at radius 2 is 2.23 bits per heavy atom. The lowest BCUT2D eigenvalue weighted by Crippen LogP contribution is -1.94. The van der Waals surface area contributed by atoms with Crippen LogP contribution in [-0.2, 0) is 4.74 Å². The smallest absolute Gasteiger partial charge is 0.213 e. The number of rotatable bonds is 3. The van der Waals surface area contributed by atoms with Crippen molar-refractivity contribution < 1.29 is 14.2 Å². The average molecular weight is 181 g/mol. The lowest BCUT2D eigenvalue weighted by molar-refractivity contribution is 0.369. The van der Waals surface area contributed by atoms with E-state index in [4.69, 9.17) is 14.2 Å². The highest BCUT2D eigenvalue weighted by atomic mass is 16.6. The zero-order valence-corrected chi connectivity index (χ0v) is 7.61. The third-order valence-corrected chi connectivity index (χ3v) is 1.98. The van der Waals surface area contributed by atoms with Crippen molar-refractivity contribution >= 4 is 0 Å². The van der Waals surface area contributed by atoms with Gasteiger partial charge in [-0.05, 0) is 0 Å². The lowest BCUT2D eigenvalue weighted by Gasteiger charge is -2.06. The molecule has 1 saturated heterocycles. The maximum atomic E-state index is 5.17. The molecule has 1 aliphatic heterocycles. The highest BCUT2D eigenvalue weighted by Gasteiger charge is 2.28. The Labute approximate surface area is 76.4 Å². The number of nitrogens with zero attached hydrogens (tertiary/aromatic N) is 1. The molecule has 1 unspecified atom stereocenters. The summed E-state index contributed by atoms with van der Waals surface area (Å²) in [5, 5.41) is 0. The lowest BCUT2D eigenvalue weighted by atomic mass is 10.2. The van der Waals surface area contributed by atoms with E-state index >= 15 is 0 Å². The highest BCUT2D eigenvalue weighted by Crippen LogP contribution is 2.37. The van der Waals surface area contributed by atoms with Crippen LogP contribution in [0.3, 0.4) is 0 Å². The van der Waals surface area contributed by atoms with E-state index in [1.165, 1.54) is 0 Å². The molecular weight excluding hydrogens is 170 g/mol. The molecule has 1 atom stereocenters. The number of methoxy groups -OCH3 is 2. The second kappa shape index (κ2) is 3.22. The highest BCUT2D eigenvalue weighted by molar-refractivity contribution is 5.38. The van der Waals surface area contributed by atoms with Gasteiger partial charge in [0, 0.05) is 11.6 Å². The molecule has 0 amide bonds. The number of pyridine rings is 1. The van der Waals surface area contributed by atoms with Crippen LogP contribution >= 0.6 is 0 Å². The Hall–Kier alpha value is -1.29. The number of hydrogen-bond donors (Lipinski definition) is 0. The fourth-order valence-corrected chi connectivity index (χ4v) is 1.20. The van der Waals surface area contributed by atoms with Gasteiger partial charge in [-0.15, -0.1) is 0 Å². The third kappa shape index (κ3) is 1.58. The van der Waals surface area contributed by atoms with Gasteiger partial charge in [-0.25, -0.2) is 4.98 Å². The van der Waals surface area contributed by atoms with Crippen LogP contribution in [0.1, 0.15) is 11.7 Å². The molecule has 1 fully saturated rings. The van der Waals surface area contributed by atoms with Crippen molar-refractivity contribution in [1.82, 2.24) is 4.98 Å². The Bertz CT molecular complexity index is 310. The van der Waals surface area contributed by atoms with E-state index in [0.29, 0.717) is 5.88 Å². The van der Waals surface area contributed by atoms with E-state index in [9.17, 15) is 0 Å². The molecule has 0 aromatic carbocycles. The minimum Gasteiger partial charge on any atom is -0.495 e. The van der Waals surface area contributed by atoms with Gasteiger partial charge in [-0.1, -0.05) is 0 Å². The van der Waals surface area contributed by atoms with Crippen LogP contribution in [0, 0.1) is 0 Å². The summed E-state index contributed by atoms with van der Waals surface area (Å²) < 4.78 is 15.3. The van der Waals surface area contributed by atoms with Gasteiger partial charge < -0.3 is 14.2 Å². The monoisotopic (exact) mass is 181 g/mol. The maximum absolute atomic E-state index is 5.17. The fourth-order valence-electron chi connectivity index (χ4n) is 1.20. The second-order valence-electron chi connectivity index (χ2n) is 2.79. The zero-order valence-electron chi connectivity index (χ0n) is 7.61. The molecule has 70 valence electrons. The van der Waals surface area contributed by atoms with Crippen molar-refractivity contribution in [2.75, 3.05) is 20.8 Å². The summed E-state index contributed by atoms with van der Waals surface area (Å²) in [4.78, 5) is 4.04. The molecule has 4 heteroatoms. The Kier molecular flexibility index (Phi) is 2.06. The van der Waals surface area contributed by atoms with Gasteiger partial charge in [0.05, 0.1) is 27.0 Å². The normalized spacial score (nSPS) is 19.7. The summed E-state index contributed by atoms with van der Waals surface area (Å²) in [5.74, 6) is 1.34. The molecule has 1 aromatic heterocycles. The van der Waals surface area contributed by atoms with E-state index in [1.54, 1.807) is 20.4 Å². The van der Waals surface area contributed by atoms with E-state index in [2.05, 4.69) is 4.98 Å². The molecule has 0 saturated carbocycles. The van der Waals surface area contributed by atoms with Gasteiger partial charge in [0.15, 0.2) is 0 Å². The van der Waals surface area contributed by atoms with Gasteiger partial charge in [0.2, 0.25) is 5.88 Å².